The predicted octanol–water partition coefficient (Wildman–Crippen LogP) is 5.54. The first kappa shape index (κ1) is 19.8. The van der Waals surface area contributed by atoms with Crippen molar-refractivity contribution in [1.29, 1.82) is 0 Å². The minimum Gasteiger partial charge on any atom is -0.467 e. The standard InChI is InChI=1S/C10H18O.2C2H6/c1-6-7-10(8(2)3)11-9(4)5;2*1-2/h7-8H,4,6H2,1-3,5H3;2*1-2H3/b10-7-;;. The molecule has 0 bridgehead atoms. The van der Waals surface area contributed by atoms with Crippen molar-refractivity contribution in [1.82, 2.24) is 0 Å². The topological polar surface area (TPSA) is 9.23 Å². The summed E-state index contributed by atoms with van der Waals surface area (Å²) in [5.74, 6) is 2.24. The number of hydrogen-bond donors (Lipinski definition) is 0. The Morgan fingerprint density at radius 1 is 1.20 bits per heavy atom. The van der Waals surface area contributed by atoms with E-state index in [-0.39, 0.29) is 0 Å². The first-order valence-electron chi connectivity index (χ1n) is 6.11. The molecule has 92 valence electrons. The highest BCUT2D eigenvalue weighted by Gasteiger charge is 2.02. The van der Waals surface area contributed by atoms with Crippen molar-refractivity contribution in [3.8, 4) is 0 Å². The fourth-order valence-corrected chi connectivity index (χ4v) is 0.798. The van der Waals surface area contributed by atoms with Gasteiger partial charge in [-0.3, -0.25) is 0 Å². The summed E-state index contributed by atoms with van der Waals surface area (Å²) in [6.45, 7) is 19.9. The van der Waals surface area contributed by atoms with Gasteiger partial charge in [-0.25, -0.2) is 0 Å². The van der Waals surface area contributed by atoms with Gasteiger partial charge in [0, 0.05) is 5.92 Å². The maximum absolute atomic E-state index is 5.42. The smallest absolute Gasteiger partial charge is 0.102 e. The van der Waals surface area contributed by atoms with Crippen LogP contribution in [0.3, 0.4) is 0 Å². The minimum absolute atomic E-state index is 0.451. The Bertz CT molecular complexity index is 155. The summed E-state index contributed by atoms with van der Waals surface area (Å²) in [5, 5.41) is 0. The lowest BCUT2D eigenvalue weighted by atomic mass is 10.1. The lowest BCUT2D eigenvalue weighted by Crippen LogP contribution is -1.97. The van der Waals surface area contributed by atoms with Gasteiger partial charge in [-0.2, -0.15) is 0 Å². The fraction of sp³-hybridized carbons (Fsp3) is 0.714. The second kappa shape index (κ2) is 15.7. The minimum atomic E-state index is 0.451. The quantitative estimate of drug-likeness (QED) is 0.558. The van der Waals surface area contributed by atoms with E-state index in [9.17, 15) is 0 Å². The van der Waals surface area contributed by atoms with Crippen LogP contribution in [-0.4, -0.2) is 0 Å². The molecular formula is C14H30O. The Morgan fingerprint density at radius 3 is 1.80 bits per heavy atom. The first-order valence-corrected chi connectivity index (χ1v) is 6.11. The normalized spacial score (nSPS) is 9.53. The van der Waals surface area contributed by atoms with Crippen LogP contribution >= 0.6 is 0 Å². The molecule has 0 saturated carbocycles. The second-order valence-corrected chi connectivity index (χ2v) is 2.97. The van der Waals surface area contributed by atoms with Crippen LogP contribution in [0.4, 0.5) is 0 Å². The van der Waals surface area contributed by atoms with Gasteiger partial charge in [0.15, 0.2) is 0 Å². The van der Waals surface area contributed by atoms with Crippen molar-refractivity contribution in [2.75, 3.05) is 0 Å². The molecule has 0 atom stereocenters. The Hall–Kier alpha value is -0.720. The third-order valence-corrected chi connectivity index (χ3v) is 1.27. The Kier molecular flexibility index (Phi) is 20.8. The van der Waals surface area contributed by atoms with E-state index in [1.807, 2.05) is 34.6 Å². The van der Waals surface area contributed by atoms with Crippen LogP contribution in [0.25, 0.3) is 0 Å². The Balaban J connectivity index is -0.000000318. The molecule has 0 N–H and O–H groups in total. The molecule has 0 aliphatic carbocycles. The van der Waals surface area contributed by atoms with Crippen LogP contribution in [0.15, 0.2) is 24.2 Å². The summed E-state index contributed by atoms with van der Waals surface area (Å²) in [7, 11) is 0. The van der Waals surface area contributed by atoms with Crippen LogP contribution in [0, 0.1) is 5.92 Å². The van der Waals surface area contributed by atoms with E-state index in [0.29, 0.717) is 5.92 Å². The zero-order chi connectivity index (χ0) is 12.9. The summed E-state index contributed by atoms with van der Waals surface area (Å²) in [6, 6.07) is 0. The molecule has 1 nitrogen and oxygen atoms in total. The average molecular weight is 214 g/mol. The summed E-state index contributed by atoms with van der Waals surface area (Å²) in [5.41, 5.74) is 0. The first-order chi connectivity index (χ1) is 7.07. The van der Waals surface area contributed by atoms with E-state index in [1.165, 1.54) is 0 Å². The van der Waals surface area contributed by atoms with Crippen molar-refractivity contribution < 1.29 is 4.74 Å². The number of rotatable bonds is 4. The molecule has 0 unspecified atom stereocenters. The maximum atomic E-state index is 5.42. The lowest BCUT2D eigenvalue weighted by molar-refractivity contribution is 0.268. The summed E-state index contributed by atoms with van der Waals surface area (Å²) in [6.07, 6.45) is 3.11. The van der Waals surface area contributed by atoms with Gasteiger partial charge >= 0.3 is 0 Å². The molecule has 1 heteroatoms. The third kappa shape index (κ3) is 16.0. The lowest BCUT2D eigenvalue weighted by Gasteiger charge is -2.12. The highest BCUT2D eigenvalue weighted by Crippen LogP contribution is 2.14. The molecule has 0 heterocycles. The zero-order valence-electron chi connectivity index (χ0n) is 12.0. The molecule has 0 aromatic heterocycles. The Labute approximate surface area is 97.2 Å². The monoisotopic (exact) mass is 214 g/mol. The van der Waals surface area contributed by atoms with Crippen LogP contribution in [0.2, 0.25) is 0 Å². The van der Waals surface area contributed by atoms with Crippen LogP contribution in [0.1, 0.15) is 61.8 Å². The van der Waals surface area contributed by atoms with Gasteiger partial charge < -0.3 is 4.74 Å². The van der Waals surface area contributed by atoms with E-state index in [1.54, 1.807) is 0 Å². The van der Waals surface area contributed by atoms with Gasteiger partial charge in [-0.1, -0.05) is 55.0 Å². The summed E-state index contributed by atoms with van der Waals surface area (Å²) < 4.78 is 5.42. The van der Waals surface area contributed by atoms with Gasteiger partial charge in [-0.15, -0.1) is 0 Å². The van der Waals surface area contributed by atoms with Gasteiger partial charge in [0.05, 0.1) is 5.76 Å². The second-order valence-electron chi connectivity index (χ2n) is 2.97. The van der Waals surface area contributed by atoms with Gasteiger partial charge in [-0.05, 0) is 19.4 Å². The highest BCUT2D eigenvalue weighted by molar-refractivity contribution is 4.99. The molecule has 0 aliphatic heterocycles. The number of ether oxygens (including phenoxy) is 1. The largest absolute Gasteiger partial charge is 0.467 e. The molecule has 0 aromatic rings. The fourth-order valence-electron chi connectivity index (χ4n) is 0.798. The van der Waals surface area contributed by atoms with Crippen molar-refractivity contribution in [2.24, 2.45) is 5.92 Å². The van der Waals surface area contributed by atoms with E-state index in [0.717, 1.165) is 17.9 Å². The van der Waals surface area contributed by atoms with Gasteiger partial charge in [0.2, 0.25) is 0 Å². The van der Waals surface area contributed by atoms with Crippen molar-refractivity contribution in [2.45, 2.75) is 61.8 Å². The zero-order valence-corrected chi connectivity index (χ0v) is 12.0. The van der Waals surface area contributed by atoms with Crippen LogP contribution in [0.5, 0.6) is 0 Å². The molecule has 0 aliphatic rings. The maximum Gasteiger partial charge on any atom is 0.102 e. The van der Waals surface area contributed by atoms with Crippen molar-refractivity contribution in [3.05, 3.63) is 24.2 Å². The highest BCUT2D eigenvalue weighted by atomic mass is 16.5. The number of allylic oxidation sites excluding steroid dienone is 3. The predicted molar refractivity (Wildman–Crippen MR) is 71.8 cm³/mol. The molecule has 0 aromatic carbocycles. The molecule has 0 saturated heterocycles. The molecule has 0 rings (SSSR count). The van der Waals surface area contributed by atoms with E-state index in [4.69, 9.17) is 4.74 Å². The number of hydrogen-bond acceptors (Lipinski definition) is 1. The van der Waals surface area contributed by atoms with Gasteiger partial charge in [0.1, 0.15) is 5.76 Å². The van der Waals surface area contributed by atoms with Crippen molar-refractivity contribution in [3.63, 3.8) is 0 Å². The molecule has 0 radical (unpaired) electrons. The van der Waals surface area contributed by atoms with E-state index >= 15 is 0 Å². The van der Waals surface area contributed by atoms with Crippen molar-refractivity contribution >= 4 is 0 Å². The Morgan fingerprint density at radius 2 is 1.60 bits per heavy atom. The molecule has 0 fully saturated rings. The van der Waals surface area contributed by atoms with Crippen LogP contribution in [-0.2, 0) is 4.74 Å². The van der Waals surface area contributed by atoms with Crippen LogP contribution < -0.4 is 0 Å². The van der Waals surface area contributed by atoms with E-state index in [2.05, 4.69) is 33.4 Å². The third-order valence-electron chi connectivity index (χ3n) is 1.27. The molecule has 0 amide bonds. The summed E-state index contributed by atoms with van der Waals surface area (Å²) in [4.78, 5) is 0. The molecular weight excluding hydrogens is 184 g/mol. The molecule has 0 spiro atoms. The molecule has 15 heavy (non-hydrogen) atoms. The summed E-state index contributed by atoms with van der Waals surface area (Å²) >= 11 is 0. The SMILES string of the molecule is C=C(C)O/C(=C\CC)C(C)C.CC.CC. The van der Waals surface area contributed by atoms with Gasteiger partial charge in [0.25, 0.3) is 0 Å². The average Bonchev–Trinajstić information content (AvgIpc) is 2.22. The van der Waals surface area contributed by atoms with E-state index < -0.39 is 0 Å².